The molecule has 2 aromatic rings. The maximum Gasteiger partial charge on any atom is 0.121 e. The van der Waals surface area contributed by atoms with E-state index in [0.717, 1.165) is 28.1 Å². The van der Waals surface area contributed by atoms with Crippen LogP contribution in [0.15, 0.2) is 36.4 Å². The minimum atomic E-state index is 0.400. The van der Waals surface area contributed by atoms with Crippen LogP contribution in [0.4, 0.5) is 0 Å². The van der Waals surface area contributed by atoms with Crippen molar-refractivity contribution in [2.24, 2.45) is 0 Å². The van der Waals surface area contributed by atoms with Gasteiger partial charge in [-0.15, -0.1) is 0 Å². The molecular weight excluding hydrogens is 232 g/mol. The van der Waals surface area contributed by atoms with Crippen LogP contribution < -0.4 is 0 Å². The SMILES string of the molecule is Cc1ccc(Cc2ccc(Cl)cc2)c(C)c1O. The van der Waals surface area contributed by atoms with E-state index in [1.807, 2.05) is 44.2 Å². The zero-order chi connectivity index (χ0) is 12.4. The van der Waals surface area contributed by atoms with Gasteiger partial charge in [0.05, 0.1) is 0 Å². The highest BCUT2D eigenvalue weighted by Crippen LogP contribution is 2.26. The first-order valence-corrected chi connectivity index (χ1v) is 5.98. The Labute approximate surface area is 107 Å². The molecule has 2 aromatic carbocycles. The lowest BCUT2D eigenvalue weighted by Gasteiger charge is -2.10. The molecule has 0 fully saturated rings. The molecule has 0 aliphatic heterocycles. The summed E-state index contributed by atoms with van der Waals surface area (Å²) in [6.07, 6.45) is 0.816. The quantitative estimate of drug-likeness (QED) is 0.840. The lowest BCUT2D eigenvalue weighted by atomic mass is 9.98. The molecule has 0 bridgehead atoms. The van der Waals surface area contributed by atoms with Crippen LogP contribution in [-0.4, -0.2) is 5.11 Å². The zero-order valence-electron chi connectivity index (χ0n) is 10.00. The summed E-state index contributed by atoms with van der Waals surface area (Å²) in [6.45, 7) is 3.86. The van der Waals surface area contributed by atoms with Crippen LogP contribution >= 0.6 is 11.6 Å². The Morgan fingerprint density at radius 3 is 2.29 bits per heavy atom. The number of rotatable bonds is 2. The van der Waals surface area contributed by atoms with Crippen LogP contribution in [0, 0.1) is 13.8 Å². The topological polar surface area (TPSA) is 20.2 Å². The molecule has 0 spiro atoms. The summed E-state index contributed by atoms with van der Waals surface area (Å²) in [5.74, 6) is 0.400. The standard InChI is InChI=1S/C15H15ClO/c1-10-3-6-13(11(2)15(10)17)9-12-4-7-14(16)8-5-12/h3-8,17H,9H2,1-2H3. The number of phenols is 1. The molecule has 0 saturated carbocycles. The van der Waals surface area contributed by atoms with Crippen molar-refractivity contribution >= 4 is 11.6 Å². The minimum Gasteiger partial charge on any atom is -0.507 e. The van der Waals surface area contributed by atoms with E-state index >= 15 is 0 Å². The van der Waals surface area contributed by atoms with E-state index in [1.54, 1.807) is 0 Å². The van der Waals surface area contributed by atoms with E-state index in [4.69, 9.17) is 11.6 Å². The largest absolute Gasteiger partial charge is 0.507 e. The fraction of sp³-hybridized carbons (Fsp3) is 0.200. The first-order valence-electron chi connectivity index (χ1n) is 5.60. The fourth-order valence-corrected chi connectivity index (χ4v) is 2.02. The van der Waals surface area contributed by atoms with Gasteiger partial charge < -0.3 is 5.11 Å². The van der Waals surface area contributed by atoms with Gasteiger partial charge >= 0.3 is 0 Å². The second kappa shape index (κ2) is 4.80. The van der Waals surface area contributed by atoms with Crippen LogP contribution in [-0.2, 0) is 6.42 Å². The molecule has 0 atom stereocenters. The van der Waals surface area contributed by atoms with E-state index in [0.29, 0.717) is 5.75 Å². The minimum absolute atomic E-state index is 0.400. The summed E-state index contributed by atoms with van der Waals surface area (Å²) < 4.78 is 0. The van der Waals surface area contributed by atoms with Crippen molar-refractivity contribution < 1.29 is 5.11 Å². The average molecular weight is 247 g/mol. The second-order valence-corrected chi connectivity index (χ2v) is 4.75. The third-order valence-corrected chi connectivity index (χ3v) is 3.30. The number of hydrogen-bond acceptors (Lipinski definition) is 1. The molecular formula is C15H15ClO. The van der Waals surface area contributed by atoms with Gasteiger partial charge in [-0.05, 0) is 54.7 Å². The highest BCUT2D eigenvalue weighted by Gasteiger charge is 2.06. The van der Waals surface area contributed by atoms with Crippen molar-refractivity contribution in [3.63, 3.8) is 0 Å². The molecule has 1 N–H and O–H groups in total. The number of halogens is 1. The second-order valence-electron chi connectivity index (χ2n) is 4.32. The predicted octanol–water partition coefficient (Wildman–Crippen LogP) is 4.25. The maximum absolute atomic E-state index is 9.89. The number of aryl methyl sites for hydroxylation is 1. The molecule has 0 saturated heterocycles. The van der Waals surface area contributed by atoms with Gasteiger partial charge in [0.1, 0.15) is 5.75 Å². The Hall–Kier alpha value is -1.47. The molecule has 2 heteroatoms. The van der Waals surface area contributed by atoms with Crippen molar-refractivity contribution in [2.45, 2.75) is 20.3 Å². The van der Waals surface area contributed by atoms with E-state index < -0.39 is 0 Å². The Morgan fingerprint density at radius 1 is 1.00 bits per heavy atom. The average Bonchev–Trinajstić information content (AvgIpc) is 2.33. The molecule has 0 unspecified atom stereocenters. The molecule has 0 aromatic heterocycles. The van der Waals surface area contributed by atoms with E-state index in [2.05, 4.69) is 6.07 Å². The van der Waals surface area contributed by atoms with Gasteiger partial charge in [0, 0.05) is 5.02 Å². The third-order valence-electron chi connectivity index (χ3n) is 3.05. The van der Waals surface area contributed by atoms with Gasteiger partial charge in [0.25, 0.3) is 0 Å². The molecule has 0 amide bonds. The lowest BCUT2D eigenvalue weighted by Crippen LogP contribution is -1.93. The molecule has 88 valence electrons. The van der Waals surface area contributed by atoms with Crippen LogP contribution in [0.1, 0.15) is 22.3 Å². The molecule has 0 aliphatic rings. The monoisotopic (exact) mass is 246 g/mol. The normalized spacial score (nSPS) is 10.5. The zero-order valence-corrected chi connectivity index (χ0v) is 10.8. The fourth-order valence-electron chi connectivity index (χ4n) is 1.89. The summed E-state index contributed by atoms with van der Waals surface area (Å²) in [6, 6.07) is 11.8. The van der Waals surface area contributed by atoms with Gasteiger partial charge in [-0.25, -0.2) is 0 Å². The van der Waals surface area contributed by atoms with Gasteiger partial charge in [0.2, 0.25) is 0 Å². The van der Waals surface area contributed by atoms with Crippen molar-refractivity contribution in [1.29, 1.82) is 0 Å². The van der Waals surface area contributed by atoms with Crippen LogP contribution in [0.2, 0.25) is 5.02 Å². The highest BCUT2D eigenvalue weighted by molar-refractivity contribution is 6.30. The van der Waals surface area contributed by atoms with Crippen LogP contribution in [0.25, 0.3) is 0 Å². The van der Waals surface area contributed by atoms with Gasteiger partial charge in [0.15, 0.2) is 0 Å². The Morgan fingerprint density at radius 2 is 1.65 bits per heavy atom. The third kappa shape index (κ3) is 2.62. The van der Waals surface area contributed by atoms with Crippen molar-refractivity contribution in [1.82, 2.24) is 0 Å². The Balaban J connectivity index is 2.30. The van der Waals surface area contributed by atoms with E-state index in [9.17, 15) is 5.11 Å². The number of benzene rings is 2. The number of phenolic OH excluding ortho intramolecular Hbond substituents is 1. The van der Waals surface area contributed by atoms with Gasteiger partial charge in [-0.1, -0.05) is 35.9 Å². The summed E-state index contributed by atoms with van der Waals surface area (Å²) in [5.41, 5.74) is 4.22. The van der Waals surface area contributed by atoms with Crippen LogP contribution in [0.3, 0.4) is 0 Å². The number of hydrogen-bond donors (Lipinski definition) is 1. The number of aromatic hydroxyl groups is 1. The smallest absolute Gasteiger partial charge is 0.121 e. The summed E-state index contributed by atoms with van der Waals surface area (Å²) in [5, 5.41) is 10.6. The molecule has 0 heterocycles. The first-order chi connectivity index (χ1) is 8.08. The molecule has 1 nitrogen and oxygen atoms in total. The first kappa shape index (κ1) is 12.0. The highest BCUT2D eigenvalue weighted by atomic mass is 35.5. The molecule has 2 rings (SSSR count). The molecule has 0 aliphatic carbocycles. The summed E-state index contributed by atoms with van der Waals surface area (Å²) in [4.78, 5) is 0. The summed E-state index contributed by atoms with van der Waals surface area (Å²) >= 11 is 5.85. The maximum atomic E-state index is 9.89. The van der Waals surface area contributed by atoms with Crippen molar-refractivity contribution in [3.8, 4) is 5.75 Å². The van der Waals surface area contributed by atoms with Gasteiger partial charge in [-0.3, -0.25) is 0 Å². The summed E-state index contributed by atoms with van der Waals surface area (Å²) in [7, 11) is 0. The Kier molecular flexibility index (Phi) is 3.39. The predicted molar refractivity (Wildman–Crippen MR) is 71.8 cm³/mol. The Bertz CT molecular complexity index is 529. The molecule has 17 heavy (non-hydrogen) atoms. The lowest BCUT2D eigenvalue weighted by molar-refractivity contribution is 0.466. The van der Waals surface area contributed by atoms with Crippen LogP contribution in [0.5, 0.6) is 5.75 Å². The van der Waals surface area contributed by atoms with E-state index in [1.165, 1.54) is 5.56 Å². The van der Waals surface area contributed by atoms with Gasteiger partial charge in [-0.2, -0.15) is 0 Å². The van der Waals surface area contributed by atoms with Crippen molar-refractivity contribution in [3.05, 3.63) is 63.7 Å². The van der Waals surface area contributed by atoms with E-state index in [-0.39, 0.29) is 0 Å². The van der Waals surface area contributed by atoms with Crippen molar-refractivity contribution in [2.75, 3.05) is 0 Å². The molecule has 0 radical (unpaired) electrons.